The van der Waals surface area contributed by atoms with Crippen molar-refractivity contribution in [1.82, 2.24) is 0 Å². The number of ether oxygens (including phenoxy) is 1. The van der Waals surface area contributed by atoms with Gasteiger partial charge in [-0.2, -0.15) is 0 Å². The quantitative estimate of drug-likeness (QED) is 0.453. The van der Waals surface area contributed by atoms with E-state index < -0.39 is 0 Å². The first-order valence-corrected chi connectivity index (χ1v) is 8.09. The van der Waals surface area contributed by atoms with Crippen LogP contribution in [0.1, 0.15) is 16.7 Å². The first kappa shape index (κ1) is 14.6. The minimum Gasteiger partial charge on any atom is -0.495 e. The topological polar surface area (TPSA) is 12.5 Å². The second-order valence-electron chi connectivity index (χ2n) is 5.96. The maximum Gasteiger partial charge on any atom is 0.142 e. The molecular formula is C22H19NO. The molecule has 1 aliphatic heterocycles. The number of hydrogen-bond donors (Lipinski definition) is 0. The molecule has 2 heteroatoms. The molecule has 0 radical (unpaired) electrons. The summed E-state index contributed by atoms with van der Waals surface area (Å²) in [5.74, 6) is 0.862. The predicted molar refractivity (Wildman–Crippen MR) is 101 cm³/mol. The number of fused-ring (bicyclic) bond motifs is 2. The lowest BCUT2D eigenvalue weighted by Crippen LogP contribution is -2.12. The van der Waals surface area contributed by atoms with Crippen LogP contribution in [0.5, 0.6) is 5.75 Å². The molecule has 0 saturated carbocycles. The fourth-order valence-electron chi connectivity index (χ4n) is 3.23. The summed E-state index contributed by atoms with van der Waals surface area (Å²) in [6.07, 6.45) is 4.37. The Kier molecular flexibility index (Phi) is 3.58. The van der Waals surface area contributed by atoms with Gasteiger partial charge in [0.15, 0.2) is 0 Å². The van der Waals surface area contributed by atoms with E-state index in [0.717, 1.165) is 22.8 Å². The molecule has 0 unspecified atom stereocenters. The van der Waals surface area contributed by atoms with Gasteiger partial charge in [0.05, 0.1) is 24.2 Å². The highest BCUT2D eigenvalue weighted by Gasteiger charge is 2.21. The molecule has 0 bridgehead atoms. The van der Waals surface area contributed by atoms with Gasteiger partial charge in [0.1, 0.15) is 5.75 Å². The van der Waals surface area contributed by atoms with Crippen LogP contribution in [0.4, 0.5) is 17.1 Å². The third-order valence-corrected chi connectivity index (χ3v) is 4.37. The lowest BCUT2D eigenvalue weighted by molar-refractivity contribution is 0.416. The van der Waals surface area contributed by atoms with Crippen molar-refractivity contribution in [3.8, 4) is 5.75 Å². The SMILES string of the molecule is COc1ccccc1N1c2ccccc2C=Cc2cc(C)ccc21. The molecule has 0 spiro atoms. The van der Waals surface area contributed by atoms with E-state index in [4.69, 9.17) is 4.74 Å². The van der Waals surface area contributed by atoms with Gasteiger partial charge in [0.2, 0.25) is 0 Å². The highest BCUT2D eigenvalue weighted by Crippen LogP contribution is 2.45. The molecular weight excluding hydrogens is 294 g/mol. The molecule has 3 aromatic rings. The Balaban J connectivity index is 2.03. The van der Waals surface area contributed by atoms with Gasteiger partial charge in [-0.05, 0) is 48.4 Å². The molecule has 0 aromatic heterocycles. The molecule has 24 heavy (non-hydrogen) atoms. The van der Waals surface area contributed by atoms with Crippen molar-refractivity contribution in [3.63, 3.8) is 0 Å². The minimum absolute atomic E-state index is 0.862. The summed E-state index contributed by atoms with van der Waals surface area (Å²) < 4.78 is 5.63. The van der Waals surface area contributed by atoms with Crippen molar-refractivity contribution < 1.29 is 4.74 Å². The smallest absolute Gasteiger partial charge is 0.142 e. The van der Waals surface area contributed by atoms with Crippen molar-refractivity contribution >= 4 is 29.2 Å². The number of nitrogens with zero attached hydrogens (tertiary/aromatic N) is 1. The van der Waals surface area contributed by atoms with Crippen LogP contribution in [0.15, 0.2) is 66.7 Å². The van der Waals surface area contributed by atoms with E-state index in [-0.39, 0.29) is 0 Å². The molecule has 1 aliphatic rings. The molecule has 0 amide bonds. The first-order valence-electron chi connectivity index (χ1n) is 8.09. The molecule has 0 fully saturated rings. The van der Waals surface area contributed by atoms with Crippen molar-refractivity contribution in [3.05, 3.63) is 83.4 Å². The van der Waals surface area contributed by atoms with E-state index >= 15 is 0 Å². The number of methoxy groups -OCH3 is 1. The zero-order chi connectivity index (χ0) is 16.5. The summed E-state index contributed by atoms with van der Waals surface area (Å²) in [6.45, 7) is 2.12. The summed E-state index contributed by atoms with van der Waals surface area (Å²) in [6, 6.07) is 23.2. The third kappa shape index (κ3) is 2.37. The van der Waals surface area contributed by atoms with Gasteiger partial charge < -0.3 is 9.64 Å². The molecule has 1 heterocycles. The van der Waals surface area contributed by atoms with Crippen LogP contribution in [0.2, 0.25) is 0 Å². The second-order valence-corrected chi connectivity index (χ2v) is 5.96. The zero-order valence-electron chi connectivity index (χ0n) is 13.9. The Morgan fingerprint density at radius 2 is 1.38 bits per heavy atom. The van der Waals surface area contributed by atoms with Crippen LogP contribution in [-0.4, -0.2) is 7.11 Å². The molecule has 0 N–H and O–H groups in total. The summed E-state index contributed by atoms with van der Waals surface area (Å²) in [5, 5.41) is 0. The van der Waals surface area contributed by atoms with Crippen LogP contribution in [-0.2, 0) is 0 Å². The Labute approximate surface area is 142 Å². The monoisotopic (exact) mass is 313 g/mol. The van der Waals surface area contributed by atoms with Gasteiger partial charge in [-0.1, -0.05) is 54.1 Å². The Morgan fingerprint density at radius 1 is 0.708 bits per heavy atom. The van der Waals surface area contributed by atoms with Gasteiger partial charge in [-0.3, -0.25) is 0 Å². The molecule has 118 valence electrons. The van der Waals surface area contributed by atoms with Gasteiger partial charge >= 0.3 is 0 Å². The zero-order valence-corrected chi connectivity index (χ0v) is 13.9. The maximum atomic E-state index is 5.63. The van der Waals surface area contributed by atoms with Gasteiger partial charge in [-0.15, -0.1) is 0 Å². The molecule has 0 atom stereocenters. The van der Waals surface area contributed by atoms with Crippen molar-refractivity contribution in [2.24, 2.45) is 0 Å². The number of para-hydroxylation sites is 3. The largest absolute Gasteiger partial charge is 0.495 e. The van der Waals surface area contributed by atoms with Gasteiger partial charge in [0.25, 0.3) is 0 Å². The normalized spacial score (nSPS) is 12.3. The summed E-state index contributed by atoms with van der Waals surface area (Å²) in [4.78, 5) is 2.28. The molecule has 2 nitrogen and oxygen atoms in total. The predicted octanol–water partition coefficient (Wildman–Crippen LogP) is 5.96. The summed E-state index contributed by atoms with van der Waals surface area (Å²) >= 11 is 0. The number of benzene rings is 3. The Bertz CT molecular complexity index is 927. The van der Waals surface area contributed by atoms with Crippen LogP contribution in [0.3, 0.4) is 0 Å². The number of hydrogen-bond acceptors (Lipinski definition) is 2. The third-order valence-electron chi connectivity index (χ3n) is 4.37. The average molecular weight is 313 g/mol. The van der Waals surface area contributed by atoms with Gasteiger partial charge in [0, 0.05) is 0 Å². The maximum absolute atomic E-state index is 5.63. The average Bonchev–Trinajstić information content (AvgIpc) is 2.78. The standard InChI is InChI=1S/C22H19NO/c1-16-11-14-20-18(15-16)13-12-17-7-3-4-8-19(17)23(20)21-9-5-6-10-22(21)24-2/h3-15H,1-2H3. The Hall–Kier alpha value is -3.00. The van der Waals surface area contributed by atoms with Crippen LogP contribution in [0, 0.1) is 6.92 Å². The molecule has 4 rings (SSSR count). The van der Waals surface area contributed by atoms with Crippen molar-refractivity contribution in [2.45, 2.75) is 6.92 Å². The summed E-state index contributed by atoms with van der Waals surface area (Å²) in [7, 11) is 1.72. The van der Waals surface area contributed by atoms with E-state index in [1.54, 1.807) is 7.11 Å². The summed E-state index contributed by atoms with van der Waals surface area (Å²) in [5.41, 5.74) is 7.01. The molecule has 0 saturated heterocycles. The van der Waals surface area contributed by atoms with Gasteiger partial charge in [-0.25, -0.2) is 0 Å². The van der Waals surface area contributed by atoms with Crippen molar-refractivity contribution in [1.29, 1.82) is 0 Å². The lowest BCUT2D eigenvalue weighted by Gasteiger charge is -2.28. The van der Waals surface area contributed by atoms with E-state index in [1.807, 2.05) is 18.2 Å². The minimum atomic E-state index is 0.862. The lowest BCUT2D eigenvalue weighted by atomic mass is 10.1. The Morgan fingerprint density at radius 3 is 2.21 bits per heavy atom. The van der Waals surface area contributed by atoms with Crippen LogP contribution in [0.25, 0.3) is 12.2 Å². The fraction of sp³-hybridized carbons (Fsp3) is 0.0909. The molecule has 3 aromatic carbocycles. The van der Waals surface area contributed by atoms with E-state index in [0.29, 0.717) is 0 Å². The fourth-order valence-corrected chi connectivity index (χ4v) is 3.23. The number of aryl methyl sites for hydroxylation is 1. The molecule has 0 aliphatic carbocycles. The van der Waals surface area contributed by atoms with Crippen LogP contribution >= 0.6 is 0 Å². The number of rotatable bonds is 2. The second kappa shape index (κ2) is 5.89. The van der Waals surface area contributed by atoms with E-state index in [2.05, 4.69) is 72.5 Å². The van der Waals surface area contributed by atoms with Crippen molar-refractivity contribution in [2.75, 3.05) is 12.0 Å². The highest BCUT2D eigenvalue weighted by atomic mass is 16.5. The van der Waals surface area contributed by atoms with E-state index in [9.17, 15) is 0 Å². The number of anilines is 3. The first-order chi connectivity index (χ1) is 11.8. The van der Waals surface area contributed by atoms with E-state index in [1.165, 1.54) is 16.7 Å². The highest BCUT2D eigenvalue weighted by molar-refractivity contribution is 5.94. The van der Waals surface area contributed by atoms with Crippen LogP contribution < -0.4 is 9.64 Å².